The summed E-state index contributed by atoms with van der Waals surface area (Å²) in [5, 5.41) is 9.08. The number of nitrogens with one attached hydrogen (secondary N) is 2. The Morgan fingerprint density at radius 3 is 1.58 bits per heavy atom. The Morgan fingerprint density at radius 2 is 1.11 bits per heavy atom. The molecule has 4 aromatic carbocycles. The van der Waals surface area contributed by atoms with Gasteiger partial charge in [0.1, 0.15) is 40.9 Å². The summed E-state index contributed by atoms with van der Waals surface area (Å²) < 4.78 is 11.2. The van der Waals surface area contributed by atoms with E-state index in [9.17, 15) is 14.4 Å². The summed E-state index contributed by atoms with van der Waals surface area (Å²) in [4.78, 5) is 38.0. The number of H-pyrrole nitrogens is 2. The molecule has 0 bridgehead atoms. The highest BCUT2D eigenvalue weighted by Crippen LogP contribution is 2.25. The van der Waals surface area contributed by atoms with Gasteiger partial charge in [0, 0.05) is 5.56 Å². The van der Waals surface area contributed by atoms with Crippen molar-refractivity contribution in [1.82, 2.24) is 9.97 Å². The molecule has 0 saturated carbocycles. The molecule has 0 aliphatic heterocycles. The van der Waals surface area contributed by atoms with Crippen molar-refractivity contribution in [3.8, 4) is 40.3 Å². The maximum Gasteiger partial charge on any atom is 0.326 e. The van der Waals surface area contributed by atoms with Gasteiger partial charge in [0.15, 0.2) is 0 Å². The van der Waals surface area contributed by atoms with Crippen LogP contribution in [0.4, 0.5) is 0 Å². The van der Waals surface area contributed by atoms with Crippen molar-refractivity contribution < 1.29 is 14.3 Å². The lowest BCUT2D eigenvalue weighted by Crippen LogP contribution is -2.25. The fourth-order valence-corrected chi connectivity index (χ4v) is 3.36. The van der Waals surface area contributed by atoms with E-state index in [1.165, 1.54) is 0 Å². The van der Waals surface area contributed by atoms with Crippen LogP contribution in [0.25, 0.3) is 11.3 Å². The Bertz CT molecular complexity index is 1650. The standard InChI is InChI=1S/C17H11N3O3.C13H10O2/c18-10-14-15(19-17(22)20-16(14)21)11-6-8-13(9-7-11)23-12-4-2-1-3-5-12;14-10-11-6-8-13(9-7-11)15-12-4-2-1-3-5-12/h1-9H,(H2,19,20,21,22);1-10H. The summed E-state index contributed by atoms with van der Waals surface area (Å²) in [6.45, 7) is 0. The van der Waals surface area contributed by atoms with Gasteiger partial charge in [-0.3, -0.25) is 14.6 Å². The van der Waals surface area contributed by atoms with Crippen LogP contribution in [-0.2, 0) is 0 Å². The van der Waals surface area contributed by atoms with Gasteiger partial charge >= 0.3 is 5.69 Å². The lowest BCUT2D eigenvalue weighted by atomic mass is 10.1. The molecule has 0 fully saturated rings. The topological polar surface area (TPSA) is 125 Å². The van der Waals surface area contributed by atoms with Crippen LogP contribution in [0.5, 0.6) is 23.0 Å². The van der Waals surface area contributed by atoms with Gasteiger partial charge in [-0.15, -0.1) is 0 Å². The molecule has 5 rings (SSSR count). The first-order valence-electron chi connectivity index (χ1n) is 11.4. The molecule has 0 aliphatic carbocycles. The van der Waals surface area contributed by atoms with Crippen molar-refractivity contribution in [1.29, 1.82) is 5.26 Å². The molecule has 8 nitrogen and oxygen atoms in total. The Kier molecular flexibility index (Phi) is 8.25. The van der Waals surface area contributed by atoms with Crippen molar-refractivity contribution in [3.05, 3.63) is 141 Å². The monoisotopic (exact) mass is 503 g/mol. The molecule has 0 unspecified atom stereocenters. The Labute approximate surface area is 217 Å². The molecule has 1 heterocycles. The molecule has 0 amide bonds. The van der Waals surface area contributed by atoms with E-state index in [1.807, 2.05) is 65.6 Å². The highest BCUT2D eigenvalue weighted by atomic mass is 16.5. The normalized spacial score (nSPS) is 9.87. The molecule has 186 valence electrons. The zero-order valence-corrected chi connectivity index (χ0v) is 20.0. The van der Waals surface area contributed by atoms with E-state index in [0.717, 1.165) is 17.8 Å². The van der Waals surface area contributed by atoms with Gasteiger partial charge in [0.05, 0.1) is 5.69 Å². The van der Waals surface area contributed by atoms with E-state index < -0.39 is 11.2 Å². The second kappa shape index (κ2) is 12.3. The summed E-state index contributed by atoms with van der Waals surface area (Å²) in [5.41, 5.74) is -0.126. The number of para-hydroxylation sites is 2. The predicted octanol–water partition coefficient (Wildman–Crippen LogP) is 5.69. The van der Waals surface area contributed by atoms with Crippen LogP contribution in [0.3, 0.4) is 0 Å². The van der Waals surface area contributed by atoms with Gasteiger partial charge in [-0.1, -0.05) is 36.4 Å². The van der Waals surface area contributed by atoms with E-state index >= 15 is 0 Å². The van der Waals surface area contributed by atoms with Crippen LogP contribution in [0.15, 0.2) is 119 Å². The molecule has 0 radical (unpaired) electrons. The van der Waals surface area contributed by atoms with E-state index in [0.29, 0.717) is 22.6 Å². The average molecular weight is 504 g/mol. The molecule has 38 heavy (non-hydrogen) atoms. The van der Waals surface area contributed by atoms with Crippen molar-refractivity contribution in [2.45, 2.75) is 0 Å². The molecule has 0 spiro atoms. The minimum absolute atomic E-state index is 0.138. The molecule has 2 N–H and O–H groups in total. The Morgan fingerprint density at radius 1 is 0.632 bits per heavy atom. The zero-order chi connectivity index (χ0) is 26.7. The highest BCUT2D eigenvalue weighted by molar-refractivity contribution is 5.74. The second-order valence-corrected chi connectivity index (χ2v) is 7.81. The van der Waals surface area contributed by atoms with Crippen LogP contribution in [0.1, 0.15) is 15.9 Å². The lowest BCUT2D eigenvalue weighted by molar-refractivity contribution is 0.112. The summed E-state index contributed by atoms with van der Waals surface area (Å²) in [5.74, 6) is 2.82. The van der Waals surface area contributed by atoms with Gasteiger partial charge in [0.25, 0.3) is 5.56 Å². The van der Waals surface area contributed by atoms with Gasteiger partial charge < -0.3 is 14.5 Å². The fraction of sp³-hybridized carbons (Fsp3) is 0. The lowest BCUT2D eigenvalue weighted by Gasteiger charge is -2.07. The smallest absolute Gasteiger partial charge is 0.326 e. The van der Waals surface area contributed by atoms with Gasteiger partial charge in [-0.25, -0.2) is 4.79 Å². The number of aromatic amines is 2. The number of carbonyl (C=O) groups excluding carboxylic acids is 1. The highest BCUT2D eigenvalue weighted by Gasteiger charge is 2.11. The number of nitriles is 1. The molecule has 0 atom stereocenters. The van der Waals surface area contributed by atoms with E-state index in [4.69, 9.17) is 14.7 Å². The molecule has 8 heteroatoms. The van der Waals surface area contributed by atoms with Crippen molar-refractivity contribution in [3.63, 3.8) is 0 Å². The van der Waals surface area contributed by atoms with Gasteiger partial charge in [-0.2, -0.15) is 5.26 Å². The quantitative estimate of drug-likeness (QED) is 0.287. The molecular weight excluding hydrogens is 482 g/mol. The number of benzene rings is 4. The van der Waals surface area contributed by atoms with Crippen molar-refractivity contribution in [2.24, 2.45) is 0 Å². The third kappa shape index (κ3) is 6.71. The third-order valence-corrected chi connectivity index (χ3v) is 5.17. The van der Waals surface area contributed by atoms with E-state index in [-0.39, 0.29) is 11.3 Å². The van der Waals surface area contributed by atoms with Crippen LogP contribution < -0.4 is 20.7 Å². The molecule has 0 saturated heterocycles. The van der Waals surface area contributed by atoms with Gasteiger partial charge in [0.2, 0.25) is 0 Å². The van der Waals surface area contributed by atoms with E-state index in [2.05, 4.69) is 4.98 Å². The summed E-state index contributed by atoms with van der Waals surface area (Å²) in [6, 6.07) is 34.3. The van der Waals surface area contributed by atoms with Crippen molar-refractivity contribution in [2.75, 3.05) is 0 Å². The average Bonchev–Trinajstić information content (AvgIpc) is 2.95. The number of ether oxygens (including phenoxy) is 2. The number of hydrogen-bond acceptors (Lipinski definition) is 6. The van der Waals surface area contributed by atoms with Crippen LogP contribution in [0.2, 0.25) is 0 Å². The number of aldehydes is 1. The number of aromatic nitrogens is 2. The summed E-state index contributed by atoms with van der Waals surface area (Å²) in [7, 11) is 0. The number of carbonyl (C=O) groups is 1. The SMILES string of the molecule is N#Cc1c(-c2ccc(Oc3ccccc3)cc2)[nH]c(=O)[nH]c1=O.O=Cc1ccc(Oc2ccccc2)cc1. The Balaban J connectivity index is 0.000000194. The van der Waals surface area contributed by atoms with Crippen molar-refractivity contribution >= 4 is 6.29 Å². The van der Waals surface area contributed by atoms with Crippen LogP contribution >= 0.6 is 0 Å². The first-order chi connectivity index (χ1) is 18.6. The molecule has 5 aromatic rings. The summed E-state index contributed by atoms with van der Waals surface area (Å²) in [6.07, 6.45) is 0.812. The third-order valence-electron chi connectivity index (χ3n) is 5.17. The second-order valence-electron chi connectivity index (χ2n) is 7.81. The molecule has 0 aliphatic rings. The first kappa shape index (κ1) is 25.4. The maximum atomic E-state index is 11.7. The first-order valence-corrected chi connectivity index (χ1v) is 11.4. The number of rotatable bonds is 6. The predicted molar refractivity (Wildman–Crippen MR) is 143 cm³/mol. The Hall–Kier alpha value is -5.68. The van der Waals surface area contributed by atoms with Crippen LogP contribution in [0, 0.1) is 11.3 Å². The largest absolute Gasteiger partial charge is 0.457 e. The van der Waals surface area contributed by atoms with Gasteiger partial charge in [-0.05, 0) is 78.4 Å². The van der Waals surface area contributed by atoms with E-state index in [1.54, 1.807) is 54.6 Å². The van der Waals surface area contributed by atoms with Crippen LogP contribution in [-0.4, -0.2) is 16.3 Å². The summed E-state index contributed by atoms with van der Waals surface area (Å²) >= 11 is 0. The maximum absolute atomic E-state index is 11.7. The molecule has 1 aromatic heterocycles. The number of hydrogen-bond donors (Lipinski definition) is 2. The number of nitrogens with zero attached hydrogens (tertiary/aromatic N) is 1. The molecular formula is C30H21N3O5. The minimum atomic E-state index is -0.712. The fourth-order valence-electron chi connectivity index (χ4n) is 3.36. The zero-order valence-electron chi connectivity index (χ0n) is 20.0. The minimum Gasteiger partial charge on any atom is -0.457 e.